The first kappa shape index (κ1) is 8.78. The zero-order valence-electron chi connectivity index (χ0n) is 8.16. The topological polar surface area (TPSA) is 76.5 Å². The number of fused-ring (bicyclic) bond motifs is 1. The van der Waals surface area contributed by atoms with Crippen molar-refractivity contribution in [3.05, 3.63) is 47.3 Å². The van der Waals surface area contributed by atoms with E-state index in [1.54, 1.807) is 18.2 Å². The van der Waals surface area contributed by atoms with E-state index in [-0.39, 0.29) is 5.56 Å². The van der Waals surface area contributed by atoms with Gasteiger partial charge in [-0.15, -0.1) is 0 Å². The fourth-order valence-corrected chi connectivity index (χ4v) is 1.50. The van der Waals surface area contributed by atoms with Crippen molar-refractivity contribution in [2.24, 2.45) is 0 Å². The maximum absolute atomic E-state index is 11.7. The Kier molecular flexibility index (Phi) is 1.79. The minimum Gasteiger partial charge on any atom is -0.290 e. The summed E-state index contributed by atoms with van der Waals surface area (Å²) in [6, 6.07) is 7.14. The second-order valence-electron chi connectivity index (χ2n) is 3.25. The van der Waals surface area contributed by atoms with E-state index >= 15 is 0 Å². The molecule has 2 heterocycles. The number of nitrogens with zero attached hydrogens (tertiary/aromatic N) is 4. The van der Waals surface area contributed by atoms with Crippen molar-refractivity contribution in [1.29, 1.82) is 0 Å². The van der Waals surface area contributed by atoms with Crippen molar-refractivity contribution in [1.82, 2.24) is 24.7 Å². The largest absolute Gasteiger partial charge is 0.290 e. The van der Waals surface area contributed by atoms with Gasteiger partial charge in [-0.1, -0.05) is 12.1 Å². The third-order valence-electron chi connectivity index (χ3n) is 2.24. The van der Waals surface area contributed by atoms with E-state index in [9.17, 15) is 4.79 Å². The molecule has 2 aromatic heterocycles. The highest BCUT2D eigenvalue weighted by Gasteiger charge is 2.04. The molecule has 16 heavy (non-hydrogen) atoms. The zero-order chi connectivity index (χ0) is 11.0. The van der Waals surface area contributed by atoms with Crippen LogP contribution in [0, 0.1) is 0 Å². The van der Waals surface area contributed by atoms with Crippen molar-refractivity contribution < 1.29 is 0 Å². The molecule has 0 bridgehead atoms. The number of nitrogens with one attached hydrogen (secondary N) is 1. The van der Waals surface area contributed by atoms with E-state index in [2.05, 4.69) is 20.1 Å². The van der Waals surface area contributed by atoms with Crippen LogP contribution in [0.25, 0.3) is 16.9 Å². The van der Waals surface area contributed by atoms with Crippen LogP contribution in [0.15, 0.2) is 41.7 Å². The van der Waals surface area contributed by atoms with E-state index in [0.29, 0.717) is 16.9 Å². The van der Waals surface area contributed by atoms with Crippen molar-refractivity contribution in [3.8, 4) is 5.95 Å². The summed E-state index contributed by atoms with van der Waals surface area (Å²) < 4.78 is 1.41. The number of benzene rings is 1. The highest BCUT2D eigenvalue weighted by molar-refractivity contribution is 5.77. The zero-order valence-corrected chi connectivity index (χ0v) is 8.16. The van der Waals surface area contributed by atoms with Gasteiger partial charge >= 0.3 is 0 Å². The summed E-state index contributed by atoms with van der Waals surface area (Å²) in [5, 5.41) is 4.47. The lowest BCUT2D eigenvalue weighted by molar-refractivity contribution is 0.808. The average Bonchev–Trinajstić information content (AvgIpc) is 2.82. The third-order valence-corrected chi connectivity index (χ3v) is 2.24. The second-order valence-corrected chi connectivity index (χ2v) is 3.25. The molecule has 0 aliphatic rings. The van der Waals surface area contributed by atoms with Gasteiger partial charge < -0.3 is 0 Å². The first-order valence-electron chi connectivity index (χ1n) is 4.69. The maximum atomic E-state index is 11.7. The van der Waals surface area contributed by atoms with E-state index < -0.39 is 0 Å². The lowest BCUT2D eigenvalue weighted by Crippen LogP contribution is -2.13. The van der Waals surface area contributed by atoms with Gasteiger partial charge in [-0.05, 0) is 12.1 Å². The Hall–Kier alpha value is -2.50. The van der Waals surface area contributed by atoms with Crippen molar-refractivity contribution >= 4 is 10.9 Å². The van der Waals surface area contributed by atoms with E-state index in [0.717, 1.165) is 0 Å². The average molecular weight is 213 g/mol. The minimum absolute atomic E-state index is 0.184. The van der Waals surface area contributed by atoms with Crippen LogP contribution < -0.4 is 5.56 Å². The summed E-state index contributed by atoms with van der Waals surface area (Å²) in [5.41, 5.74) is 0.452. The van der Waals surface area contributed by atoms with Crippen molar-refractivity contribution in [3.63, 3.8) is 0 Å². The highest BCUT2D eigenvalue weighted by atomic mass is 16.1. The van der Waals surface area contributed by atoms with Crippen LogP contribution in [0.2, 0.25) is 0 Å². The number of hydrogen-bond donors (Lipinski definition) is 1. The van der Waals surface area contributed by atoms with Crippen molar-refractivity contribution in [2.45, 2.75) is 0 Å². The Morgan fingerprint density at radius 1 is 1.25 bits per heavy atom. The van der Waals surface area contributed by atoms with Crippen LogP contribution in [-0.4, -0.2) is 24.7 Å². The normalized spacial score (nSPS) is 10.8. The molecular formula is C10H7N5O. The van der Waals surface area contributed by atoms with Crippen LogP contribution in [-0.2, 0) is 0 Å². The monoisotopic (exact) mass is 213 g/mol. The van der Waals surface area contributed by atoms with Gasteiger partial charge in [-0.3, -0.25) is 9.78 Å². The van der Waals surface area contributed by atoms with Crippen LogP contribution in [0.3, 0.4) is 0 Å². The molecule has 1 N–H and O–H groups in total. The molecule has 0 saturated heterocycles. The molecule has 6 heteroatoms. The second kappa shape index (κ2) is 3.27. The standard InChI is InChI=1S/C10H7N5O/c16-9-7-3-1-2-4-8(7)13-10(14-9)15-6-11-5-12-15/h1-6H,(H,13,14,16). The predicted octanol–water partition coefficient (Wildman–Crippen LogP) is 0.504. The molecule has 0 radical (unpaired) electrons. The molecule has 3 aromatic rings. The lowest BCUT2D eigenvalue weighted by Gasteiger charge is -2.00. The minimum atomic E-state index is -0.184. The van der Waals surface area contributed by atoms with E-state index in [1.807, 2.05) is 6.07 Å². The molecule has 3 rings (SSSR count). The molecular weight excluding hydrogens is 206 g/mol. The fourth-order valence-electron chi connectivity index (χ4n) is 1.50. The molecule has 0 aliphatic carbocycles. The number of hydrogen-bond acceptors (Lipinski definition) is 4. The number of rotatable bonds is 1. The Morgan fingerprint density at radius 3 is 2.94 bits per heavy atom. The molecule has 1 aromatic carbocycles. The summed E-state index contributed by atoms with van der Waals surface area (Å²) in [4.78, 5) is 22.5. The van der Waals surface area contributed by atoms with Gasteiger partial charge in [-0.2, -0.15) is 9.78 Å². The molecule has 0 saturated carbocycles. The van der Waals surface area contributed by atoms with Crippen LogP contribution in [0.4, 0.5) is 0 Å². The maximum Gasteiger partial charge on any atom is 0.260 e. The van der Waals surface area contributed by atoms with Gasteiger partial charge in [0.05, 0.1) is 10.9 Å². The molecule has 0 unspecified atom stereocenters. The smallest absolute Gasteiger partial charge is 0.260 e. The number of para-hydroxylation sites is 1. The SMILES string of the molecule is O=c1[nH]c(-n2cncn2)nc2ccccc12. The van der Waals surface area contributed by atoms with Gasteiger partial charge in [0.25, 0.3) is 5.56 Å². The Labute approximate surface area is 89.6 Å². The van der Waals surface area contributed by atoms with Gasteiger partial charge in [0.15, 0.2) is 0 Å². The third kappa shape index (κ3) is 1.28. The lowest BCUT2D eigenvalue weighted by atomic mass is 10.2. The summed E-state index contributed by atoms with van der Waals surface area (Å²) in [6.45, 7) is 0. The van der Waals surface area contributed by atoms with E-state index in [4.69, 9.17) is 0 Å². The quantitative estimate of drug-likeness (QED) is 0.638. The van der Waals surface area contributed by atoms with Gasteiger partial charge in [0, 0.05) is 0 Å². The van der Waals surface area contributed by atoms with Gasteiger partial charge in [0.2, 0.25) is 5.95 Å². The predicted molar refractivity (Wildman–Crippen MR) is 57.3 cm³/mol. The van der Waals surface area contributed by atoms with Crippen LogP contribution >= 0.6 is 0 Å². The van der Waals surface area contributed by atoms with Gasteiger partial charge in [-0.25, -0.2) is 9.97 Å². The summed E-state index contributed by atoms with van der Waals surface area (Å²) >= 11 is 0. The molecule has 0 fully saturated rings. The van der Waals surface area contributed by atoms with Crippen LogP contribution in [0.5, 0.6) is 0 Å². The summed E-state index contributed by atoms with van der Waals surface area (Å²) in [7, 11) is 0. The van der Waals surface area contributed by atoms with E-state index in [1.165, 1.54) is 17.3 Å². The Balaban J connectivity index is 2.34. The number of aromatic nitrogens is 5. The van der Waals surface area contributed by atoms with Crippen molar-refractivity contribution in [2.75, 3.05) is 0 Å². The fraction of sp³-hybridized carbons (Fsp3) is 0. The first-order chi connectivity index (χ1) is 7.84. The highest BCUT2D eigenvalue weighted by Crippen LogP contribution is 2.06. The molecule has 78 valence electrons. The molecule has 6 nitrogen and oxygen atoms in total. The summed E-state index contributed by atoms with van der Waals surface area (Å²) in [5.74, 6) is 0.362. The number of aromatic amines is 1. The molecule has 0 amide bonds. The molecule has 0 aliphatic heterocycles. The first-order valence-corrected chi connectivity index (χ1v) is 4.69. The number of H-pyrrole nitrogens is 1. The summed E-state index contributed by atoms with van der Waals surface area (Å²) in [6.07, 6.45) is 2.86. The Bertz CT molecular complexity index is 686. The molecule has 0 spiro atoms. The Morgan fingerprint density at radius 2 is 2.12 bits per heavy atom. The van der Waals surface area contributed by atoms with Crippen LogP contribution in [0.1, 0.15) is 0 Å². The van der Waals surface area contributed by atoms with Gasteiger partial charge in [0.1, 0.15) is 12.7 Å². The molecule has 0 atom stereocenters.